The molecule has 0 aromatic heterocycles. The number of ether oxygens (including phenoxy) is 1. The Morgan fingerprint density at radius 3 is 2.61 bits per heavy atom. The molecule has 0 heterocycles. The molecule has 0 aliphatic carbocycles. The minimum atomic E-state index is -0.628. The van der Waals surface area contributed by atoms with Crippen molar-refractivity contribution in [2.75, 3.05) is 0 Å². The van der Waals surface area contributed by atoms with Crippen LogP contribution in [0.5, 0.6) is 5.75 Å². The van der Waals surface area contributed by atoms with Gasteiger partial charge in [0.1, 0.15) is 5.75 Å². The molecule has 0 fully saturated rings. The number of halogens is 1. The van der Waals surface area contributed by atoms with Crippen molar-refractivity contribution >= 4 is 17.5 Å². The second-order valence-corrected chi connectivity index (χ2v) is 5.72. The number of hydrogen-bond acceptors (Lipinski definition) is 3. The molecule has 2 N–H and O–H groups in total. The summed E-state index contributed by atoms with van der Waals surface area (Å²) in [5, 5.41) is 12.8. The molecule has 0 radical (unpaired) electrons. The van der Waals surface area contributed by atoms with Crippen LogP contribution in [0.1, 0.15) is 23.6 Å². The molecule has 2 aromatic carbocycles. The Bertz CT molecular complexity index is 688. The van der Waals surface area contributed by atoms with E-state index in [0.717, 1.165) is 16.7 Å². The monoisotopic (exact) mass is 333 g/mol. The molecule has 1 atom stereocenters. The third kappa shape index (κ3) is 4.71. The summed E-state index contributed by atoms with van der Waals surface area (Å²) >= 11 is 5.97. The predicted molar refractivity (Wildman–Crippen MR) is 90.5 cm³/mol. The number of nitrogens with one attached hydrogen (secondary N) is 1. The lowest BCUT2D eigenvalue weighted by molar-refractivity contribution is -0.127. The minimum Gasteiger partial charge on any atom is -0.481 e. The van der Waals surface area contributed by atoms with Crippen molar-refractivity contribution in [1.82, 2.24) is 5.32 Å². The Labute approximate surface area is 141 Å². The molecule has 2 rings (SSSR count). The van der Waals surface area contributed by atoms with Gasteiger partial charge in [0, 0.05) is 11.6 Å². The zero-order chi connectivity index (χ0) is 16.8. The zero-order valence-corrected chi connectivity index (χ0v) is 13.9. The fourth-order valence-corrected chi connectivity index (χ4v) is 2.28. The maximum absolute atomic E-state index is 12.1. The largest absolute Gasteiger partial charge is 0.481 e. The molecule has 1 amide bonds. The van der Waals surface area contributed by atoms with Crippen molar-refractivity contribution in [2.45, 2.75) is 33.1 Å². The van der Waals surface area contributed by atoms with Crippen LogP contribution in [0.3, 0.4) is 0 Å². The third-order valence-corrected chi connectivity index (χ3v) is 3.98. The molecule has 0 saturated carbocycles. The summed E-state index contributed by atoms with van der Waals surface area (Å²) in [5.74, 6) is 0.385. The van der Waals surface area contributed by atoms with Crippen molar-refractivity contribution in [3.8, 4) is 5.75 Å². The van der Waals surface area contributed by atoms with Crippen molar-refractivity contribution in [2.24, 2.45) is 0 Å². The van der Waals surface area contributed by atoms with Crippen molar-refractivity contribution in [3.63, 3.8) is 0 Å². The molecule has 0 aliphatic heterocycles. The number of aryl methyl sites for hydroxylation is 1. The summed E-state index contributed by atoms with van der Waals surface area (Å²) in [4.78, 5) is 12.1. The van der Waals surface area contributed by atoms with Crippen LogP contribution in [-0.4, -0.2) is 17.1 Å². The van der Waals surface area contributed by atoms with Gasteiger partial charge >= 0.3 is 0 Å². The highest BCUT2D eigenvalue weighted by Crippen LogP contribution is 2.21. The smallest absolute Gasteiger partial charge is 0.261 e. The summed E-state index contributed by atoms with van der Waals surface area (Å²) in [6.45, 7) is 3.87. The van der Waals surface area contributed by atoms with Crippen molar-refractivity contribution in [1.29, 1.82) is 0 Å². The molecule has 0 bridgehead atoms. The van der Waals surface area contributed by atoms with E-state index in [1.165, 1.54) is 0 Å². The average Bonchev–Trinajstić information content (AvgIpc) is 2.56. The summed E-state index contributed by atoms with van der Waals surface area (Å²) in [6.07, 6.45) is -0.628. The van der Waals surface area contributed by atoms with Gasteiger partial charge in [-0.15, -0.1) is 0 Å². The topological polar surface area (TPSA) is 58.6 Å². The van der Waals surface area contributed by atoms with Gasteiger partial charge in [0.05, 0.1) is 6.61 Å². The van der Waals surface area contributed by atoms with E-state index < -0.39 is 6.10 Å². The molecule has 122 valence electrons. The first-order chi connectivity index (χ1) is 11.0. The van der Waals surface area contributed by atoms with E-state index in [1.54, 1.807) is 25.1 Å². The molecule has 0 saturated heterocycles. The van der Waals surface area contributed by atoms with E-state index in [4.69, 9.17) is 16.3 Å². The van der Waals surface area contributed by atoms with E-state index in [0.29, 0.717) is 17.3 Å². The standard InChI is InChI=1S/C18H20ClNO3/c1-12-9-16(7-8-17(12)19)23-13(2)18(22)20-10-14-5-3-4-6-15(14)11-21/h3-9,13,21H,10-11H2,1-2H3,(H,20,22). The van der Waals surface area contributed by atoms with Gasteiger partial charge in [-0.3, -0.25) is 4.79 Å². The van der Waals surface area contributed by atoms with E-state index in [1.807, 2.05) is 31.2 Å². The highest BCUT2D eigenvalue weighted by Gasteiger charge is 2.15. The number of amides is 1. The lowest BCUT2D eigenvalue weighted by Crippen LogP contribution is -2.36. The number of rotatable bonds is 6. The fourth-order valence-electron chi connectivity index (χ4n) is 2.16. The van der Waals surface area contributed by atoms with Crippen LogP contribution >= 0.6 is 11.6 Å². The fraction of sp³-hybridized carbons (Fsp3) is 0.278. The summed E-state index contributed by atoms with van der Waals surface area (Å²) < 4.78 is 5.64. The molecule has 23 heavy (non-hydrogen) atoms. The predicted octanol–water partition coefficient (Wildman–Crippen LogP) is 3.22. The SMILES string of the molecule is Cc1cc(OC(C)C(=O)NCc2ccccc2CO)ccc1Cl. The zero-order valence-electron chi connectivity index (χ0n) is 13.2. The Balaban J connectivity index is 1.93. The molecule has 1 unspecified atom stereocenters. The highest BCUT2D eigenvalue weighted by molar-refractivity contribution is 6.31. The maximum atomic E-state index is 12.1. The van der Waals surface area contributed by atoms with Gasteiger partial charge in [0.25, 0.3) is 5.91 Å². The van der Waals surface area contributed by atoms with Crippen LogP contribution in [0.4, 0.5) is 0 Å². The molecule has 4 nitrogen and oxygen atoms in total. The van der Waals surface area contributed by atoms with Crippen molar-refractivity contribution < 1.29 is 14.6 Å². The van der Waals surface area contributed by atoms with Gasteiger partial charge in [0.15, 0.2) is 6.10 Å². The van der Waals surface area contributed by atoms with E-state index >= 15 is 0 Å². The molecular weight excluding hydrogens is 314 g/mol. The number of benzene rings is 2. The van der Waals surface area contributed by atoms with Crippen molar-refractivity contribution in [3.05, 3.63) is 64.2 Å². The molecule has 0 spiro atoms. The lowest BCUT2D eigenvalue weighted by Gasteiger charge is -2.16. The van der Waals surface area contributed by atoms with Crippen LogP contribution in [0.2, 0.25) is 5.02 Å². The van der Waals surface area contributed by atoms with Gasteiger partial charge in [-0.1, -0.05) is 35.9 Å². The van der Waals surface area contributed by atoms with Crippen LogP contribution < -0.4 is 10.1 Å². The number of hydrogen-bond donors (Lipinski definition) is 2. The Morgan fingerprint density at radius 1 is 1.26 bits per heavy atom. The van der Waals surface area contributed by atoms with Crippen LogP contribution in [-0.2, 0) is 17.9 Å². The normalized spacial score (nSPS) is 11.8. The Hall–Kier alpha value is -2.04. The quantitative estimate of drug-likeness (QED) is 0.853. The van der Waals surface area contributed by atoms with Gasteiger partial charge in [-0.05, 0) is 48.7 Å². The van der Waals surface area contributed by atoms with Crippen LogP contribution in [0.25, 0.3) is 0 Å². The molecule has 0 aliphatic rings. The van der Waals surface area contributed by atoms with Gasteiger partial charge in [-0.2, -0.15) is 0 Å². The maximum Gasteiger partial charge on any atom is 0.261 e. The van der Waals surface area contributed by atoms with Crippen LogP contribution in [0, 0.1) is 6.92 Å². The molecule has 5 heteroatoms. The minimum absolute atomic E-state index is 0.0534. The molecule has 2 aromatic rings. The van der Waals surface area contributed by atoms with Gasteiger partial charge in [0.2, 0.25) is 0 Å². The number of carbonyl (C=O) groups excluding carboxylic acids is 1. The van der Waals surface area contributed by atoms with Gasteiger partial charge in [-0.25, -0.2) is 0 Å². The number of aliphatic hydroxyl groups is 1. The first-order valence-electron chi connectivity index (χ1n) is 7.39. The van der Waals surface area contributed by atoms with Crippen LogP contribution in [0.15, 0.2) is 42.5 Å². The van der Waals surface area contributed by atoms with Gasteiger partial charge < -0.3 is 15.2 Å². The second kappa shape index (κ2) is 7.99. The molecular formula is C18H20ClNO3. The first-order valence-corrected chi connectivity index (χ1v) is 7.77. The van der Waals surface area contributed by atoms with E-state index in [9.17, 15) is 9.90 Å². The lowest BCUT2D eigenvalue weighted by atomic mass is 10.1. The average molecular weight is 334 g/mol. The third-order valence-electron chi connectivity index (χ3n) is 3.55. The highest BCUT2D eigenvalue weighted by atomic mass is 35.5. The summed E-state index contributed by atoms with van der Waals surface area (Å²) in [7, 11) is 0. The number of carbonyl (C=O) groups is 1. The summed E-state index contributed by atoms with van der Waals surface area (Å²) in [6, 6.07) is 12.7. The van der Waals surface area contributed by atoms with E-state index in [2.05, 4.69) is 5.32 Å². The first kappa shape index (κ1) is 17.3. The Kier molecular flexibility index (Phi) is 6.02. The summed E-state index contributed by atoms with van der Waals surface area (Å²) in [5.41, 5.74) is 2.58. The second-order valence-electron chi connectivity index (χ2n) is 5.32. The number of aliphatic hydroxyl groups excluding tert-OH is 1. The Morgan fingerprint density at radius 2 is 1.96 bits per heavy atom. The van der Waals surface area contributed by atoms with E-state index in [-0.39, 0.29) is 12.5 Å².